The van der Waals surface area contributed by atoms with Crippen molar-refractivity contribution in [1.29, 1.82) is 0 Å². The van der Waals surface area contributed by atoms with Crippen LogP contribution in [0.2, 0.25) is 0 Å². The van der Waals surface area contributed by atoms with Crippen LogP contribution in [0.15, 0.2) is 48.5 Å². The van der Waals surface area contributed by atoms with Crippen molar-refractivity contribution in [2.45, 2.75) is 57.5 Å². The molecule has 0 N–H and O–H groups in total. The number of unbranched alkanes of at least 4 members (excludes halogenated alkanes) is 5. The third-order valence-electron chi connectivity index (χ3n) is 4.96. The Hall–Kier alpha value is -3.17. The second-order valence-electron chi connectivity index (χ2n) is 7.83. The summed E-state index contributed by atoms with van der Waals surface area (Å²) in [5.74, 6) is -6.56. The van der Waals surface area contributed by atoms with E-state index in [1.165, 1.54) is 49.9 Å². The molecule has 2 rings (SSSR count). The van der Waals surface area contributed by atoms with Crippen molar-refractivity contribution < 1.29 is 45.8 Å². The van der Waals surface area contributed by atoms with Gasteiger partial charge in [-0.25, -0.2) is 9.59 Å². The van der Waals surface area contributed by atoms with Gasteiger partial charge in [0.05, 0.1) is 17.7 Å². The van der Waals surface area contributed by atoms with E-state index < -0.39 is 30.6 Å². The number of hydrogen-bond donors (Lipinski definition) is 0. The van der Waals surface area contributed by atoms with Crippen molar-refractivity contribution in [2.75, 3.05) is 13.2 Å². The van der Waals surface area contributed by atoms with Gasteiger partial charge in [0.2, 0.25) is 0 Å². The quantitative estimate of drug-likeness (QED) is 0.128. The summed E-state index contributed by atoms with van der Waals surface area (Å²) in [5.41, 5.74) is -0.0376. The molecule has 0 aliphatic heterocycles. The fourth-order valence-electron chi connectivity index (χ4n) is 2.91. The van der Waals surface area contributed by atoms with E-state index in [1.807, 2.05) is 0 Å². The molecule has 0 bridgehead atoms. The van der Waals surface area contributed by atoms with Crippen molar-refractivity contribution in [3.8, 4) is 11.5 Å². The largest absolute Gasteiger partial charge is 0.494 e. The topological polar surface area (TPSA) is 61.8 Å². The molecule has 0 fully saturated rings. The van der Waals surface area contributed by atoms with Gasteiger partial charge in [-0.2, -0.15) is 22.0 Å². The van der Waals surface area contributed by atoms with Gasteiger partial charge in [0, 0.05) is 0 Å². The minimum atomic E-state index is -5.83. The monoisotopic (exact) mass is 502 g/mol. The molecule has 192 valence electrons. The molecule has 0 aliphatic carbocycles. The number of benzene rings is 2. The van der Waals surface area contributed by atoms with Gasteiger partial charge in [-0.15, -0.1) is 0 Å². The van der Waals surface area contributed by atoms with Gasteiger partial charge in [-0.05, 0) is 55.0 Å². The highest BCUT2D eigenvalue weighted by Crippen LogP contribution is 2.35. The lowest BCUT2D eigenvalue weighted by atomic mass is 10.1. The Balaban J connectivity index is 1.80. The Morgan fingerprint density at radius 2 is 1.23 bits per heavy atom. The fourth-order valence-corrected chi connectivity index (χ4v) is 2.91. The van der Waals surface area contributed by atoms with Crippen molar-refractivity contribution in [3.63, 3.8) is 0 Å². The molecule has 0 atom stereocenters. The van der Waals surface area contributed by atoms with E-state index in [4.69, 9.17) is 9.47 Å². The molecule has 0 saturated carbocycles. The maximum absolute atomic E-state index is 12.9. The average molecular weight is 502 g/mol. The lowest BCUT2D eigenvalue weighted by Crippen LogP contribution is -2.41. The first kappa shape index (κ1) is 28.1. The molecule has 0 aliphatic rings. The second-order valence-corrected chi connectivity index (χ2v) is 7.83. The van der Waals surface area contributed by atoms with Crippen LogP contribution in [0.25, 0.3) is 0 Å². The van der Waals surface area contributed by atoms with Crippen molar-refractivity contribution >= 4 is 11.9 Å². The average Bonchev–Trinajstić information content (AvgIpc) is 2.82. The molecule has 0 saturated heterocycles. The third kappa shape index (κ3) is 9.18. The van der Waals surface area contributed by atoms with Crippen molar-refractivity contribution in [3.05, 3.63) is 59.7 Å². The molecule has 10 heteroatoms. The van der Waals surface area contributed by atoms with Gasteiger partial charge < -0.3 is 14.2 Å². The summed E-state index contributed by atoms with van der Waals surface area (Å²) in [6, 6.07) is 10.9. The molecule has 2 aromatic carbocycles. The van der Waals surface area contributed by atoms with Gasteiger partial charge in [0.15, 0.2) is 6.61 Å². The van der Waals surface area contributed by atoms with E-state index >= 15 is 0 Å². The van der Waals surface area contributed by atoms with E-state index in [0.29, 0.717) is 12.4 Å². The lowest BCUT2D eigenvalue weighted by Gasteiger charge is -2.19. The van der Waals surface area contributed by atoms with Crippen LogP contribution in [0.5, 0.6) is 11.5 Å². The van der Waals surface area contributed by atoms with Crippen LogP contribution in [-0.2, 0) is 4.74 Å². The van der Waals surface area contributed by atoms with Crippen molar-refractivity contribution in [1.82, 2.24) is 0 Å². The predicted molar refractivity (Wildman–Crippen MR) is 118 cm³/mol. The van der Waals surface area contributed by atoms with Crippen LogP contribution < -0.4 is 9.47 Å². The highest BCUT2D eigenvalue weighted by Gasteiger charge is 2.58. The Morgan fingerprint density at radius 1 is 0.714 bits per heavy atom. The van der Waals surface area contributed by atoms with Gasteiger partial charge in [-0.1, -0.05) is 39.0 Å². The number of halogens is 5. The van der Waals surface area contributed by atoms with Crippen LogP contribution in [-0.4, -0.2) is 37.3 Å². The van der Waals surface area contributed by atoms with Gasteiger partial charge in [0.25, 0.3) is 0 Å². The van der Waals surface area contributed by atoms with E-state index in [0.717, 1.165) is 25.0 Å². The minimum absolute atomic E-state index is 0.0376. The van der Waals surface area contributed by atoms with Gasteiger partial charge in [-0.3, -0.25) is 0 Å². The Kier molecular flexibility index (Phi) is 10.5. The molecule has 0 spiro atoms. The first-order valence-electron chi connectivity index (χ1n) is 11.2. The maximum Gasteiger partial charge on any atom is 0.456 e. The summed E-state index contributed by atoms with van der Waals surface area (Å²) in [4.78, 5) is 24.0. The van der Waals surface area contributed by atoms with E-state index in [-0.39, 0.29) is 16.9 Å². The molecule has 0 amide bonds. The fraction of sp³-hybridized carbons (Fsp3) is 0.440. The number of carbonyl (C=O) groups is 2. The zero-order chi connectivity index (χ0) is 25.9. The highest BCUT2D eigenvalue weighted by molar-refractivity contribution is 5.92. The maximum atomic E-state index is 12.9. The van der Waals surface area contributed by atoms with Crippen LogP contribution in [0.1, 0.15) is 66.2 Å². The first-order chi connectivity index (χ1) is 16.5. The van der Waals surface area contributed by atoms with E-state index in [9.17, 15) is 31.5 Å². The molecule has 0 heterocycles. The molecule has 0 aromatic heterocycles. The molecular weight excluding hydrogens is 475 g/mol. The van der Waals surface area contributed by atoms with Crippen LogP contribution >= 0.6 is 0 Å². The van der Waals surface area contributed by atoms with Gasteiger partial charge in [0.1, 0.15) is 11.5 Å². The summed E-state index contributed by atoms with van der Waals surface area (Å²) < 4.78 is 77.0. The van der Waals surface area contributed by atoms with Gasteiger partial charge >= 0.3 is 24.0 Å². The molecule has 0 radical (unpaired) electrons. The molecule has 0 unspecified atom stereocenters. The van der Waals surface area contributed by atoms with Crippen molar-refractivity contribution in [2.24, 2.45) is 0 Å². The number of ether oxygens (including phenoxy) is 3. The van der Waals surface area contributed by atoms with Crippen LogP contribution in [0.3, 0.4) is 0 Å². The Bertz CT molecular complexity index is 940. The smallest absolute Gasteiger partial charge is 0.456 e. The normalized spacial score (nSPS) is 11.7. The molecular formula is C25H27F5O5. The summed E-state index contributed by atoms with van der Waals surface area (Å²) in [5, 5.41) is 0. The predicted octanol–water partition coefficient (Wildman–Crippen LogP) is 7.00. The second kappa shape index (κ2) is 13.1. The van der Waals surface area contributed by atoms with E-state index in [1.54, 1.807) is 12.1 Å². The van der Waals surface area contributed by atoms with E-state index in [2.05, 4.69) is 11.7 Å². The van der Waals surface area contributed by atoms with Crippen LogP contribution in [0, 0.1) is 0 Å². The first-order valence-corrected chi connectivity index (χ1v) is 11.2. The highest BCUT2D eigenvalue weighted by atomic mass is 19.4. The SMILES string of the molecule is CCCCCCCCOc1ccc(C(=O)Oc2ccc(C(=O)OCC(F)(F)C(F)(F)F)cc2)cc1. The Morgan fingerprint density at radius 3 is 1.80 bits per heavy atom. The number of alkyl halides is 5. The third-order valence-corrected chi connectivity index (χ3v) is 4.96. The lowest BCUT2D eigenvalue weighted by molar-refractivity contribution is -0.292. The molecule has 2 aromatic rings. The molecule has 35 heavy (non-hydrogen) atoms. The van der Waals surface area contributed by atoms with Crippen LogP contribution in [0.4, 0.5) is 22.0 Å². The number of carbonyl (C=O) groups excluding carboxylic acids is 2. The standard InChI is InChI=1S/C25H27F5O5/c1-2-3-4-5-6-7-16-33-20-12-8-19(9-13-20)23(32)35-21-14-10-18(11-15-21)22(31)34-17-24(26,27)25(28,29)30/h8-15H,2-7,16-17H2,1H3. The Labute approximate surface area is 200 Å². The molecule has 5 nitrogen and oxygen atoms in total. The summed E-state index contributed by atoms with van der Waals surface area (Å²) >= 11 is 0. The zero-order valence-electron chi connectivity index (χ0n) is 19.2. The summed E-state index contributed by atoms with van der Waals surface area (Å²) in [7, 11) is 0. The number of esters is 2. The minimum Gasteiger partial charge on any atom is -0.494 e. The summed E-state index contributed by atoms with van der Waals surface area (Å²) in [6.45, 7) is 0.613. The number of rotatable bonds is 13. The zero-order valence-corrected chi connectivity index (χ0v) is 19.2. The summed E-state index contributed by atoms with van der Waals surface area (Å²) in [6.07, 6.45) is 1.05. The number of hydrogen-bond acceptors (Lipinski definition) is 5.